The van der Waals surface area contributed by atoms with E-state index in [9.17, 15) is 10.1 Å². The Bertz CT molecular complexity index is 970. The number of aromatic nitrogens is 2. The molecule has 2 heterocycles. The van der Waals surface area contributed by atoms with Crippen molar-refractivity contribution in [1.82, 2.24) is 15.1 Å². The fraction of sp³-hybridized carbons (Fsp3) is 0.235. The van der Waals surface area contributed by atoms with Crippen molar-refractivity contribution >= 4 is 28.4 Å². The molecule has 0 bridgehead atoms. The molecule has 7 nitrogen and oxygen atoms in total. The van der Waals surface area contributed by atoms with Crippen LogP contribution < -0.4 is 5.32 Å². The first-order valence-electron chi connectivity index (χ1n) is 7.97. The maximum absolute atomic E-state index is 11.5. The number of nitrogens with zero attached hydrogens (tertiary/aromatic N) is 3. The van der Waals surface area contributed by atoms with E-state index >= 15 is 0 Å². The summed E-state index contributed by atoms with van der Waals surface area (Å²) in [7, 11) is 0. The molecule has 0 unspecified atom stereocenters. The molecule has 0 aliphatic carbocycles. The minimum absolute atomic E-state index is 0.0888. The molecular weight excluding hydrogens is 340 g/mol. The first-order valence-corrected chi connectivity index (χ1v) is 8.79. The van der Waals surface area contributed by atoms with Crippen LogP contribution in [0.15, 0.2) is 46.2 Å². The van der Waals surface area contributed by atoms with E-state index in [0.717, 1.165) is 27.1 Å². The zero-order chi connectivity index (χ0) is 17.4. The Morgan fingerprint density at radius 3 is 2.88 bits per heavy atom. The summed E-state index contributed by atoms with van der Waals surface area (Å²) in [5.41, 5.74) is 2.81. The van der Waals surface area contributed by atoms with Crippen LogP contribution in [-0.2, 0) is 6.54 Å². The quantitative estimate of drug-likeness (QED) is 0.313. The Morgan fingerprint density at radius 2 is 2.08 bits per heavy atom. The molecule has 0 saturated carbocycles. The highest BCUT2D eigenvalue weighted by Crippen LogP contribution is 2.50. The molecule has 0 spiro atoms. The molecule has 8 heteroatoms. The Labute approximate surface area is 147 Å². The van der Waals surface area contributed by atoms with Gasteiger partial charge in [-0.3, -0.25) is 14.8 Å². The number of nitro benzene ring substituents is 1. The summed E-state index contributed by atoms with van der Waals surface area (Å²) in [5, 5.41) is 29.0. The van der Waals surface area contributed by atoms with E-state index in [2.05, 4.69) is 5.32 Å². The number of hydrogen-bond acceptors (Lipinski definition) is 6. The van der Waals surface area contributed by atoms with Crippen molar-refractivity contribution in [2.24, 2.45) is 0 Å². The van der Waals surface area contributed by atoms with Crippen LogP contribution in [-0.4, -0.2) is 39.5 Å². The van der Waals surface area contributed by atoms with Gasteiger partial charge in [0.15, 0.2) is 0 Å². The number of fused-ring (bicyclic) bond motifs is 2. The van der Waals surface area contributed by atoms with Gasteiger partial charge in [-0.15, -0.1) is 0 Å². The van der Waals surface area contributed by atoms with Crippen LogP contribution in [0.25, 0.3) is 22.2 Å². The molecule has 4 rings (SSSR count). The van der Waals surface area contributed by atoms with Crippen LogP contribution in [0.1, 0.15) is 0 Å². The van der Waals surface area contributed by atoms with Crippen molar-refractivity contribution in [2.75, 3.05) is 19.7 Å². The number of rotatable bonds is 6. The maximum atomic E-state index is 11.5. The summed E-state index contributed by atoms with van der Waals surface area (Å²) in [6, 6.07) is 11.2. The SMILES string of the molecule is O=[N+]([O-])c1ccc2c3c(nn2CCNCCO)-c2ccccc2Sc13. The number of hydrogen-bond donors (Lipinski definition) is 2. The highest BCUT2D eigenvalue weighted by Gasteiger charge is 2.29. The van der Waals surface area contributed by atoms with E-state index in [4.69, 9.17) is 10.2 Å². The zero-order valence-electron chi connectivity index (χ0n) is 13.3. The van der Waals surface area contributed by atoms with Crippen molar-refractivity contribution in [3.63, 3.8) is 0 Å². The van der Waals surface area contributed by atoms with E-state index in [1.807, 2.05) is 28.9 Å². The molecule has 0 atom stereocenters. The molecule has 25 heavy (non-hydrogen) atoms. The molecule has 2 aromatic carbocycles. The van der Waals surface area contributed by atoms with Crippen molar-refractivity contribution in [1.29, 1.82) is 0 Å². The topological polar surface area (TPSA) is 93.2 Å². The smallest absolute Gasteiger partial charge is 0.284 e. The van der Waals surface area contributed by atoms with E-state index in [-0.39, 0.29) is 17.2 Å². The summed E-state index contributed by atoms with van der Waals surface area (Å²) in [6.07, 6.45) is 0. The van der Waals surface area contributed by atoms with Gasteiger partial charge < -0.3 is 10.4 Å². The van der Waals surface area contributed by atoms with Gasteiger partial charge in [0.05, 0.1) is 23.6 Å². The van der Waals surface area contributed by atoms with E-state index < -0.39 is 0 Å². The third-order valence-electron chi connectivity index (χ3n) is 4.19. The van der Waals surface area contributed by atoms with E-state index in [0.29, 0.717) is 24.5 Å². The third kappa shape index (κ3) is 2.68. The lowest BCUT2D eigenvalue weighted by molar-refractivity contribution is -0.387. The standard InChI is InChI=1S/C17H16N4O3S/c22-10-8-18-7-9-20-12-5-6-13(21(23)24)17-15(12)16(19-20)11-3-1-2-4-14(11)25-17/h1-6,18,22H,7-10H2. The molecule has 0 radical (unpaired) electrons. The number of nitro groups is 1. The normalized spacial score (nSPS) is 12.4. The Kier molecular flexibility index (Phi) is 4.16. The number of benzene rings is 2. The van der Waals surface area contributed by atoms with Gasteiger partial charge in [-0.2, -0.15) is 5.10 Å². The Balaban J connectivity index is 1.87. The molecule has 128 valence electrons. The van der Waals surface area contributed by atoms with Gasteiger partial charge in [0, 0.05) is 35.0 Å². The van der Waals surface area contributed by atoms with Crippen LogP contribution in [0.4, 0.5) is 5.69 Å². The van der Waals surface area contributed by atoms with Gasteiger partial charge >= 0.3 is 0 Å². The molecule has 0 saturated heterocycles. The van der Waals surface area contributed by atoms with Crippen LogP contribution in [0.5, 0.6) is 0 Å². The molecular formula is C17H16N4O3S. The fourth-order valence-corrected chi connectivity index (χ4v) is 4.28. The second kappa shape index (κ2) is 6.47. The van der Waals surface area contributed by atoms with Gasteiger partial charge in [0.2, 0.25) is 0 Å². The van der Waals surface area contributed by atoms with Crippen molar-refractivity contribution < 1.29 is 10.0 Å². The highest BCUT2D eigenvalue weighted by molar-refractivity contribution is 8.00. The van der Waals surface area contributed by atoms with Crippen LogP contribution in [0, 0.1) is 10.1 Å². The van der Waals surface area contributed by atoms with Gasteiger partial charge in [0.1, 0.15) is 10.6 Å². The molecule has 0 amide bonds. The monoisotopic (exact) mass is 356 g/mol. The predicted molar refractivity (Wildman–Crippen MR) is 95.9 cm³/mol. The maximum Gasteiger partial charge on any atom is 0.284 e. The van der Waals surface area contributed by atoms with Gasteiger partial charge in [0.25, 0.3) is 5.69 Å². The summed E-state index contributed by atoms with van der Waals surface area (Å²) in [5.74, 6) is 0. The Hall–Kier alpha value is -2.42. The minimum atomic E-state index is -0.334. The molecule has 1 aliphatic heterocycles. The summed E-state index contributed by atoms with van der Waals surface area (Å²) < 4.78 is 1.88. The molecule has 1 aliphatic rings. The molecule has 0 fully saturated rings. The van der Waals surface area contributed by atoms with Crippen molar-refractivity contribution in [3.8, 4) is 11.3 Å². The summed E-state index contributed by atoms with van der Waals surface area (Å²) in [6.45, 7) is 1.91. The lowest BCUT2D eigenvalue weighted by Crippen LogP contribution is -2.23. The first kappa shape index (κ1) is 16.1. The van der Waals surface area contributed by atoms with E-state index in [1.165, 1.54) is 11.8 Å². The van der Waals surface area contributed by atoms with Crippen molar-refractivity contribution in [3.05, 3.63) is 46.5 Å². The zero-order valence-corrected chi connectivity index (χ0v) is 14.1. The van der Waals surface area contributed by atoms with Crippen LogP contribution in [0.3, 0.4) is 0 Å². The second-order valence-corrected chi connectivity index (χ2v) is 6.76. The van der Waals surface area contributed by atoms with E-state index in [1.54, 1.807) is 12.1 Å². The molecule has 3 aromatic rings. The van der Waals surface area contributed by atoms with Crippen molar-refractivity contribution in [2.45, 2.75) is 16.3 Å². The van der Waals surface area contributed by atoms with Crippen LogP contribution in [0.2, 0.25) is 0 Å². The highest BCUT2D eigenvalue weighted by atomic mass is 32.2. The molecule has 1 aromatic heterocycles. The minimum Gasteiger partial charge on any atom is -0.395 e. The fourth-order valence-electron chi connectivity index (χ4n) is 3.09. The largest absolute Gasteiger partial charge is 0.395 e. The van der Waals surface area contributed by atoms with Crippen LogP contribution >= 0.6 is 11.8 Å². The summed E-state index contributed by atoms with van der Waals surface area (Å²) in [4.78, 5) is 12.8. The average molecular weight is 356 g/mol. The van der Waals surface area contributed by atoms with Gasteiger partial charge in [-0.05, 0) is 12.1 Å². The Morgan fingerprint density at radius 1 is 1.24 bits per heavy atom. The third-order valence-corrected chi connectivity index (χ3v) is 5.38. The van der Waals surface area contributed by atoms with Gasteiger partial charge in [-0.1, -0.05) is 30.0 Å². The number of aliphatic hydroxyl groups excluding tert-OH is 1. The lowest BCUT2D eigenvalue weighted by Gasteiger charge is -2.14. The lowest BCUT2D eigenvalue weighted by atomic mass is 10.1. The number of aliphatic hydroxyl groups is 1. The second-order valence-electron chi connectivity index (χ2n) is 5.71. The van der Waals surface area contributed by atoms with Gasteiger partial charge in [-0.25, -0.2) is 0 Å². The first-order chi connectivity index (χ1) is 12.2. The number of nitrogens with one attached hydrogen (secondary N) is 1. The predicted octanol–water partition coefficient (Wildman–Crippen LogP) is 2.66. The summed E-state index contributed by atoms with van der Waals surface area (Å²) >= 11 is 1.43. The molecule has 2 N–H and O–H groups in total. The average Bonchev–Trinajstić information content (AvgIpc) is 2.99.